The van der Waals surface area contributed by atoms with Crippen LogP contribution in [0.1, 0.15) is 49.0 Å². The second-order valence-corrected chi connectivity index (χ2v) is 6.47. The van der Waals surface area contributed by atoms with Crippen molar-refractivity contribution in [1.82, 2.24) is 9.55 Å². The Morgan fingerprint density at radius 3 is 2.86 bits per heavy atom. The zero-order valence-electron chi connectivity index (χ0n) is 12.6. The smallest absolute Gasteiger partial charge is 0.128 e. The summed E-state index contributed by atoms with van der Waals surface area (Å²) in [5.41, 5.74) is 2.25. The third kappa shape index (κ3) is 2.44. The first-order valence-corrected chi connectivity index (χ1v) is 7.81. The van der Waals surface area contributed by atoms with E-state index >= 15 is 0 Å². The molecule has 3 atom stereocenters. The number of hydrogen-bond donors (Lipinski definition) is 0. The molecular formula is C16H20ClFN2O. The lowest BCUT2D eigenvalue weighted by molar-refractivity contribution is 0.0753. The second kappa shape index (κ2) is 5.58. The largest absolute Gasteiger partial charge is 0.379 e. The molecule has 0 spiro atoms. The fourth-order valence-corrected chi connectivity index (χ4v) is 3.50. The summed E-state index contributed by atoms with van der Waals surface area (Å²) in [5, 5.41) is -0.223. The molecule has 0 amide bonds. The zero-order valence-corrected chi connectivity index (χ0v) is 13.3. The molecule has 21 heavy (non-hydrogen) atoms. The van der Waals surface area contributed by atoms with Gasteiger partial charge in [0.25, 0.3) is 0 Å². The molecule has 114 valence electrons. The molecule has 0 aliphatic heterocycles. The fourth-order valence-electron chi connectivity index (χ4n) is 3.34. The van der Waals surface area contributed by atoms with Crippen molar-refractivity contribution in [3.05, 3.63) is 29.3 Å². The second-order valence-electron chi connectivity index (χ2n) is 5.82. The molecule has 3 nitrogen and oxygen atoms in total. The summed E-state index contributed by atoms with van der Waals surface area (Å²) in [7, 11) is 1.75. The average molecular weight is 311 g/mol. The number of fused-ring (bicyclic) bond motifs is 1. The monoisotopic (exact) mass is 310 g/mol. The van der Waals surface area contributed by atoms with E-state index in [0.717, 1.165) is 30.6 Å². The summed E-state index contributed by atoms with van der Waals surface area (Å²) >= 11 is 6.31. The Labute approximate surface area is 129 Å². The first kappa shape index (κ1) is 14.8. The van der Waals surface area contributed by atoms with E-state index < -0.39 is 0 Å². The first-order chi connectivity index (χ1) is 10.0. The Bertz CT molecular complexity index is 668. The van der Waals surface area contributed by atoms with Crippen LogP contribution >= 0.6 is 11.6 Å². The van der Waals surface area contributed by atoms with Crippen molar-refractivity contribution in [2.24, 2.45) is 0 Å². The molecule has 1 aromatic heterocycles. The third-order valence-corrected chi connectivity index (χ3v) is 4.60. The molecule has 1 fully saturated rings. The highest BCUT2D eigenvalue weighted by atomic mass is 35.5. The van der Waals surface area contributed by atoms with Gasteiger partial charge < -0.3 is 9.30 Å². The predicted molar refractivity (Wildman–Crippen MR) is 82.4 cm³/mol. The number of alkyl halides is 1. The van der Waals surface area contributed by atoms with Crippen LogP contribution in [0.15, 0.2) is 12.1 Å². The van der Waals surface area contributed by atoms with Gasteiger partial charge in [-0.1, -0.05) is 0 Å². The molecule has 0 bridgehead atoms. The zero-order chi connectivity index (χ0) is 15.1. The number of ether oxygens (including phenoxy) is 1. The van der Waals surface area contributed by atoms with Crippen LogP contribution in [0.3, 0.4) is 0 Å². The van der Waals surface area contributed by atoms with E-state index in [-0.39, 0.29) is 23.3 Å². The van der Waals surface area contributed by atoms with Crippen molar-refractivity contribution in [1.29, 1.82) is 0 Å². The van der Waals surface area contributed by atoms with Crippen LogP contribution in [0.2, 0.25) is 0 Å². The average Bonchev–Trinajstić information content (AvgIpc) is 3.02. The van der Waals surface area contributed by atoms with E-state index in [2.05, 4.69) is 9.55 Å². The topological polar surface area (TPSA) is 27.1 Å². The lowest BCUT2D eigenvalue weighted by atomic mass is 10.1. The Balaban J connectivity index is 2.23. The maximum Gasteiger partial charge on any atom is 0.128 e. The van der Waals surface area contributed by atoms with Crippen LogP contribution in [-0.2, 0) is 4.74 Å². The summed E-state index contributed by atoms with van der Waals surface area (Å²) in [6, 6.07) is 3.59. The van der Waals surface area contributed by atoms with Gasteiger partial charge in [-0.2, -0.15) is 0 Å². The molecule has 1 aromatic carbocycles. The number of aromatic nitrogens is 2. The van der Waals surface area contributed by atoms with Crippen molar-refractivity contribution in [2.75, 3.05) is 7.11 Å². The first-order valence-electron chi connectivity index (χ1n) is 7.37. The summed E-state index contributed by atoms with van der Waals surface area (Å²) < 4.78 is 21.6. The molecule has 0 saturated heterocycles. The fraction of sp³-hybridized carbons (Fsp3) is 0.562. The van der Waals surface area contributed by atoms with E-state index in [1.54, 1.807) is 14.0 Å². The molecule has 2 aromatic rings. The highest BCUT2D eigenvalue weighted by Crippen LogP contribution is 2.38. The summed E-state index contributed by atoms with van der Waals surface area (Å²) in [5.74, 6) is 0.571. The van der Waals surface area contributed by atoms with Gasteiger partial charge in [0.1, 0.15) is 11.6 Å². The minimum atomic E-state index is -0.226. The highest BCUT2D eigenvalue weighted by molar-refractivity contribution is 6.20. The van der Waals surface area contributed by atoms with Crippen LogP contribution in [0.4, 0.5) is 4.39 Å². The molecule has 0 N–H and O–H groups in total. The van der Waals surface area contributed by atoms with Gasteiger partial charge in [-0.25, -0.2) is 9.37 Å². The molecule has 0 radical (unpaired) electrons. The van der Waals surface area contributed by atoms with Crippen LogP contribution in [0, 0.1) is 12.7 Å². The van der Waals surface area contributed by atoms with Crippen molar-refractivity contribution >= 4 is 22.6 Å². The number of imidazole rings is 1. The van der Waals surface area contributed by atoms with E-state index in [4.69, 9.17) is 16.3 Å². The van der Waals surface area contributed by atoms with Crippen LogP contribution in [-0.4, -0.2) is 22.8 Å². The van der Waals surface area contributed by atoms with Gasteiger partial charge >= 0.3 is 0 Å². The maximum atomic E-state index is 13.8. The molecule has 1 aliphatic carbocycles. The van der Waals surface area contributed by atoms with Crippen LogP contribution in [0.25, 0.3) is 11.0 Å². The van der Waals surface area contributed by atoms with Gasteiger partial charge in [0, 0.05) is 13.2 Å². The number of rotatable bonds is 3. The quantitative estimate of drug-likeness (QED) is 0.779. The van der Waals surface area contributed by atoms with E-state index in [1.807, 2.05) is 13.0 Å². The van der Waals surface area contributed by atoms with E-state index in [9.17, 15) is 4.39 Å². The van der Waals surface area contributed by atoms with E-state index in [1.165, 1.54) is 6.07 Å². The number of aryl methyl sites for hydroxylation is 1. The van der Waals surface area contributed by atoms with Crippen molar-refractivity contribution in [3.63, 3.8) is 0 Å². The van der Waals surface area contributed by atoms with Gasteiger partial charge in [-0.3, -0.25) is 0 Å². The standard InChI is InChI=1S/C16H20ClFN2O/c1-9-7-14-12(8-11(9)18)19-16(10(2)17)20(14)13-5-4-6-15(13)21-3/h7-8,10,13,15H,4-6H2,1-3H3. The van der Waals surface area contributed by atoms with Gasteiger partial charge in [0.05, 0.1) is 28.6 Å². The Morgan fingerprint density at radius 2 is 2.19 bits per heavy atom. The van der Waals surface area contributed by atoms with Gasteiger partial charge in [-0.05, 0) is 44.7 Å². The Morgan fingerprint density at radius 1 is 1.43 bits per heavy atom. The maximum absolute atomic E-state index is 13.8. The SMILES string of the molecule is COC1CCCC1n1c(C(C)Cl)nc2cc(F)c(C)cc21. The van der Waals surface area contributed by atoms with Crippen LogP contribution in [0.5, 0.6) is 0 Å². The highest BCUT2D eigenvalue weighted by Gasteiger charge is 2.32. The molecule has 1 aliphatic rings. The van der Waals surface area contributed by atoms with E-state index in [0.29, 0.717) is 11.1 Å². The van der Waals surface area contributed by atoms with Gasteiger partial charge in [-0.15, -0.1) is 11.6 Å². The van der Waals surface area contributed by atoms with Gasteiger partial charge in [0.2, 0.25) is 0 Å². The molecular weight excluding hydrogens is 291 g/mol. The Hall–Kier alpha value is -1.13. The number of halogens is 2. The molecule has 1 saturated carbocycles. The third-order valence-electron chi connectivity index (χ3n) is 4.41. The summed E-state index contributed by atoms with van der Waals surface area (Å²) in [6.45, 7) is 3.68. The van der Waals surface area contributed by atoms with Crippen LogP contribution < -0.4 is 0 Å². The predicted octanol–water partition coefficient (Wildman–Crippen LogP) is 4.52. The summed E-state index contributed by atoms with van der Waals surface area (Å²) in [6.07, 6.45) is 3.37. The minimum absolute atomic E-state index is 0.168. The molecule has 3 unspecified atom stereocenters. The normalized spacial score (nSPS) is 23.9. The molecule has 5 heteroatoms. The number of nitrogens with zero attached hydrogens (tertiary/aromatic N) is 2. The van der Waals surface area contributed by atoms with Crippen molar-refractivity contribution in [2.45, 2.75) is 50.6 Å². The summed E-state index contributed by atoms with van der Waals surface area (Å²) in [4.78, 5) is 4.56. The molecule has 1 heterocycles. The van der Waals surface area contributed by atoms with Crippen molar-refractivity contribution < 1.29 is 9.13 Å². The lowest BCUT2D eigenvalue weighted by Crippen LogP contribution is -2.22. The molecule has 3 rings (SSSR count). The Kier molecular flexibility index (Phi) is 3.93. The number of benzene rings is 1. The minimum Gasteiger partial charge on any atom is -0.379 e. The van der Waals surface area contributed by atoms with Crippen molar-refractivity contribution in [3.8, 4) is 0 Å². The lowest BCUT2D eigenvalue weighted by Gasteiger charge is -2.23. The van der Waals surface area contributed by atoms with Gasteiger partial charge in [0.15, 0.2) is 0 Å². The number of hydrogen-bond acceptors (Lipinski definition) is 2. The number of methoxy groups -OCH3 is 1.